The summed E-state index contributed by atoms with van der Waals surface area (Å²) >= 11 is 0. The highest BCUT2D eigenvalue weighted by atomic mass is 19.1. The second-order valence-electron chi connectivity index (χ2n) is 1.68. The van der Waals surface area contributed by atoms with Gasteiger partial charge in [0.1, 0.15) is 0 Å². The monoisotopic (exact) mass is 130 g/mol. The maximum atomic E-state index is 11.5. The summed E-state index contributed by atoms with van der Waals surface area (Å²) < 4.78 is 11.5. The zero-order valence-corrected chi connectivity index (χ0v) is 6.28. The Balaban J connectivity index is 0. The zero-order chi connectivity index (χ0) is 7.70. The third-order valence-electron chi connectivity index (χ3n) is 0.521. The van der Waals surface area contributed by atoms with Gasteiger partial charge in [-0.1, -0.05) is 19.6 Å². The first-order valence-electron chi connectivity index (χ1n) is 3.09. The molecule has 54 valence electrons. The van der Waals surface area contributed by atoms with Crippen LogP contribution in [0.4, 0.5) is 4.39 Å². The van der Waals surface area contributed by atoms with E-state index in [1.165, 1.54) is 0 Å². The number of rotatable bonds is 2. The third-order valence-corrected chi connectivity index (χ3v) is 0.521. The quantitative estimate of drug-likeness (QED) is 0.502. The molecule has 0 heterocycles. The smallest absolute Gasteiger partial charge is 0.0927 e. The number of halogens is 1. The van der Waals surface area contributed by atoms with Crippen LogP contribution in [-0.4, -0.2) is 0 Å². The molecule has 0 atom stereocenters. The fourth-order valence-corrected chi connectivity index (χ4v) is 0.271. The van der Waals surface area contributed by atoms with Gasteiger partial charge in [0.15, 0.2) is 0 Å². The minimum atomic E-state index is -0.211. The van der Waals surface area contributed by atoms with Crippen LogP contribution in [0.5, 0.6) is 0 Å². The Labute approximate surface area is 57.1 Å². The van der Waals surface area contributed by atoms with Gasteiger partial charge in [-0.3, -0.25) is 0 Å². The minimum Gasteiger partial charge on any atom is -0.212 e. The van der Waals surface area contributed by atoms with Crippen molar-refractivity contribution in [2.75, 3.05) is 0 Å². The van der Waals surface area contributed by atoms with Gasteiger partial charge in [0.05, 0.1) is 5.83 Å². The number of hydrogen-bond donors (Lipinski definition) is 0. The molecule has 0 nitrogen and oxygen atoms in total. The third kappa shape index (κ3) is 37.3. The summed E-state index contributed by atoms with van der Waals surface area (Å²) in [7, 11) is 0. The maximum Gasteiger partial charge on any atom is 0.0927 e. The Morgan fingerprint density at radius 2 is 2.00 bits per heavy atom. The summed E-state index contributed by atoms with van der Waals surface area (Å²) in [5.41, 5.74) is 0. The van der Waals surface area contributed by atoms with Gasteiger partial charge in [-0.15, -0.1) is 6.58 Å². The molecule has 0 aliphatic heterocycles. The van der Waals surface area contributed by atoms with Crippen LogP contribution in [0, 0.1) is 0 Å². The Morgan fingerprint density at radius 1 is 1.67 bits per heavy atom. The van der Waals surface area contributed by atoms with E-state index in [4.69, 9.17) is 0 Å². The van der Waals surface area contributed by atoms with Gasteiger partial charge in [-0.2, -0.15) is 0 Å². The average Bonchev–Trinajstić information content (AvgIpc) is 1.67. The summed E-state index contributed by atoms with van der Waals surface area (Å²) in [4.78, 5) is 0. The van der Waals surface area contributed by atoms with Crippen LogP contribution in [0.3, 0.4) is 0 Å². The molecule has 0 spiro atoms. The van der Waals surface area contributed by atoms with Gasteiger partial charge in [-0.05, 0) is 19.8 Å². The molecule has 0 aliphatic carbocycles. The average molecular weight is 130 g/mol. The molecule has 0 aromatic heterocycles. The Morgan fingerprint density at radius 3 is 2.00 bits per heavy atom. The van der Waals surface area contributed by atoms with Crippen molar-refractivity contribution in [3.63, 3.8) is 0 Å². The van der Waals surface area contributed by atoms with E-state index in [0.717, 1.165) is 6.42 Å². The lowest BCUT2D eigenvalue weighted by molar-refractivity contribution is 0.588. The molecule has 0 aromatic carbocycles. The molecule has 0 radical (unpaired) electrons. The zero-order valence-electron chi connectivity index (χ0n) is 6.28. The molecule has 9 heavy (non-hydrogen) atoms. The fourth-order valence-electron chi connectivity index (χ4n) is 0.271. The van der Waals surface area contributed by atoms with Crippen molar-refractivity contribution in [1.82, 2.24) is 0 Å². The molecule has 0 aliphatic rings. The van der Waals surface area contributed by atoms with Crippen molar-refractivity contribution in [3.05, 3.63) is 25.1 Å². The number of hydrogen-bond acceptors (Lipinski definition) is 0. The van der Waals surface area contributed by atoms with E-state index in [1.54, 1.807) is 6.08 Å². The normalized spacial score (nSPS) is 7.00. The predicted molar refractivity (Wildman–Crippen MR) is 41.0 cm³/mol. The van der Waals surface area contributed by atoms with Crippen LogP contribution in [0.25, 0.3) is 0 Å². The molecule has 0 saturated heterocycles. The van der Waals surface area contributed by atoms with E-state index in [0.29, 0.717) is 6.42 Å². The Bertz CT molecular complexity index is 74.6. The first-order chi connectivity index (χ1) is 4.18. The van der Waals surface area contributed by atoms with Crippen LogP contribution in [-0.2, 0) is 0 Å². The van der Waals surface area contributed by atoms with Gasteiger partial charge < -0.3 is 0 Å². The molecular weight excluding hydrogens is 115 g/mol. The molecule has 0 rings (SSSR count). The lowest BCUT2D eigenvalue weighted by Crippen LogP contribution is -1.64. The standard InChI is InChI=1S/C5H9F.C3H6/c1-3-4-5(2)6;1-3-2/h2-4H2,1H3;3H,1H2,2H3. The highest BCUT2D eigenvalue weighted by molar-refractivity contribution is 4.77. The van der Waals surface area contributed by atoms with Crippen LogP contribution in [0.15, 0.2) is 25.1 Å². The summed E-state index contributed by atoms with van der Waals surface area (Å²) in [6.45, 7) is 10.2. The van der Waals surface area contributed by atoms with E-state index in [-0.39, 0.29) is 5.83 Å². The lowest BCUT2D eigenvalue weighted by Gasteiger charge is -1.82. The van der Waals surface area contributed by atoms with Crippen LogP contribution in [0.1, 0.15) is 26.7 Å². The van der Waals surface area contributed by atoms with Gasteiger partial charge in [0.2, 0.25) is 0 Å². The largest absolute Gasteiger partial charge is 0.212 e. The van der Waals surface area contributed by atoms with Gasteiger partial charge in [0, 0.05) is 0 Å². The molecule has 0 bridgehead atoms. The summed E-state index contributed by atoms with van der Waals surface area (Å²) in [6.07, 6.45) is 3.12. The van der Waals surface area contributed by atoms with Crippen molar-refractivity contribution in [3.8, 4) is 0 Å². The van der Waals surface area contributed by atoms with E-state index < -0.39 is 0 Å². The minimum absolute atomic E-state index is 0.211. The fraction of sp³-hybridized carbons (Fsp3) is 0.500. The molecule has 0 saturated carbocycles. The highest BCUT2D eigenvalue weighted by Crippen LogP contribution is 1.99. The second-order valence-corrected chi connectivity index (χ2v) is 1.68. The Hall–Kier alpha value is -0.590. The van der Waals surface area contributed by atoms with Crippen molar-refractivity contribution in [2.24, 2.45) is 0 Å². The van der Waals surface area contributed by atoms with E-state index in [1.807, 2.05) is 13.8 Å². The van der Waals surface area contributed by atoms with Crippen LogP contribution in [0.2, 0.25) is 0 Å². The number of allylic oxidation sites excluding steroid dienone is 2. The van der Waals surface area contributed by atoms with Crippen LogP contribution >= 0.6 is 0 Å². The topological polar surface area (TPSA) is 0 Å². The Kier molecular flexibility index (Phi) is 13.0. The molecule has 0 unspecified atom stereocenters. The van der Waals surface area contributed by atoms with Crippen molar-refractivity contribution in [2.45, 2.75) is 26.7 Å². The van der Waals surface area contributed by atoms with Gasteiger partial charge in [-0.25, -0.2) is 4.39 Å². The summed E-state index contributed by atoms with van der Waals surface area (Å²) in [5.74, 6) is -0.211. The molecular formula is C8H15F. The molecule has 0 aromatic rings. The molecule has 0 amide bonds. The summed E-state index contributed by atoms with van der Waals surface area (Å²) in [5, 5.41) is 0. The highest BCUT2D eigenvalue weighted by Gasteiger charge is 1.81. The van der Waals surface area contributed by atoms with Crippen molar-refractivity contribution < 1.29 is 4.39 Å². The lowest BCUT2D eigenvalue weighted by atomic mass is 10.3. The first kappa shape index (κ1) is 11.2. The van der Waals surface area contributed by atoms with E-state index >= 15 is 0 Å². The SMILES string of the molecule is C=C(F)CCC.C=CC. The van der Waals surface area contributed by atoms with E-state index in [2.05, 4.69) is 13.2 Å². The van der Waals surface area contributed by atoms with Crippen LogP contribution < -0.4 is 0 Å². The molecule has 1 heteroatoms. The molecule has 0 fully saturated rings. The van der Waals surface area contributed by atoms with Crippen molar-refractivity contribution in [1.29, 1.82) is 0 Å². The van der Waals surface area contributed by atoms with Gasteiger partial charge in [0.25, 0.3) is 0 Å². The van der Waals surface area contributed by atoms with Crippen molar-refractivity contribution >= 4 is 0 Å². The first-order valence-corrected chi connectivity index (χ1v) is 3.09. The van der Waals surface area contributed by atoms with E-state index in [9.17, 15) is 4.39 Å². The predicted octanol–water partition coefficient (Wildman–Crippen LogP) is 3.46. The van der Waals surface area contributed by atoms with Gasteiger partial charge >= 0.3 is 0 Å². The maximum absolute atomic E-state index is 11.5. The summed E-state index contributed by atoms with van der Waals surface area (Å²) in [6, 6.07) is 0. The molecule has 0 N–H and O–H groups in total. The second kappa shape index (κ2) is 10.4.